The van der Waals surface area contributed by atoms with Gasteiger partial charge in [-0.1, -0.05) is 30.4 Å². The lowest BCUT2D eigenvalue weighted by Crippen LogP contribution is -2.53. The molecule has 0 radical (unpaired) electrons. The van der Waals surface area contributed by atoms with E-state index < -0.39 is 0 Å². The molecule has 2 N–H and O–H groups in total. The number of benzene rings is 1. The number of fused-ring (bicyclic) bond motifs is 4. The zero-order valence-electron chi connectivity index (χ0n) is 12.2. The predicted octanol–water partition coefficient (Wildman–Crippen LogP) is 2.89. The Labute approximate surface area is 125 Å². The summed E-state index contributed by atoms with van der Waals surface area (Å²) in [7, 11) is 0. The van der Waals surface area contributed by atoms with Gasteiger partial charge in [-0.15, -0.1) is 0 Å². The summed E-state index contributed by atoms with van der Waals surface area (Å²) in [5.74, 6) is 0.666. The Balaban J connectivity index is 1.71. The molecule has 2 aromatic rings. The topological polar surface area (TPSA) is 42.1 Å². The summed E-state index contributed by atoms with van der Waals surface area (Å²) < 4.78 is 0. The van der Waals surface area contributed by atoms with Crippen LogP contribution >= 0.6 is 0 Å². The minimum absolute atomic E-state index is 0.0498. The van der Waals surface area contributed by atoms with Crippen molar-refractivity contribution >= 4 is 10.9 Å². The highest BCUT2D eigenvalue weighted by atomic mass is 15.2. The lowest BCUT2D eigenvalue weighted by Gasteiger charge is -2.49. The van der Waals surface area contributed by atoms with Crippen molar-refractivity contribution < 1.29 is 0 Å². The van der Waals surface area contributed by atoms with E-state index in [0.29, 0.717) is 12.0 Å². The third-order valence-electron chi connectivity index (χ3n) is 5.20. The first-order valence-corrected chi connectivity index (χ1v) is 7.75. The molecule has 3 aliphatic rings. The molecule has 4 heterocycles. The van der Waals surface area contributed by atoms with Gasteiger partial charge >= 0.3 is 0 Å². The third kappa shape index (κ3) is 2.08. The number of nitrogens with two attached hydrogens (primary N) is 1. The van der Waals surface area contributed by atoms with Gasteiger partial charge in [-0.3, -0.25) is 9.88 Å². The Morgan fingerprint density at radius 1 is 1.29 bits per heavy atom. The molecule has 3 saturated heterocycles. The Morgan fingerprint density at radius 3 is 2.90 bits per heavy atom. The number of nitrogens with zero attached hydrogens (tertiary/aromatic N) is 2. The zero-order valence-corrected chi connectivity index (χ0v) is 12.2. The molecule has 1 aromatic carbocycles. The van der Waals surface area contributed by atoms with Gasteiger partial charge in [0.25, 0.3) is 0 Å². The Bertz CT molecular complexity index is 688. The van der Waals surface area contributed by atoms with Crippen LogP contribution in [0.1, 0.15) is 24.4 Å². The number of rotatable bonds is 2. The monoisotopic (exact) mass is 279 g/mol. The van der Waals surface area contributed by atoms with Crippen LogP contribution in [0.3, 0.4) is 0 Å². The van der Waals surface area contributed by atoms with Gasteiger partial charge in [0, 0.05) is 30.2 Å². The van der Waals surface area contributed by atoms with Crippen LogP contribution in [0.2, 0.25) is 0 Å². The lowest BCUT2D eigenvalue weighted by molar-refractivity contribution is 0.0745. The van der Waals surface area contributed by atoms with Crippen molar-refractivity contribution in [1.82, 2.24) is 9.88 Å². The second-order valence-electron chi connectivity index (χ2n) is 6.36. The summed E-state index contributed by atoms with van der Waals surface area (Å²) in [5, 5.41) is 1.19. The first-order valence-electron chi connectivity index (χ1n) is 7.75. The van der Waals surface area contributed by atoms with Crippen molar-refractivity contribution in [2.75, 3.05) is 13.1 Å². The van der Waals surface area contributed by atoms with Crippen LogP contribution in [0.15, 0.2) is 48.7 Å². The number of pyridine rings is 1. The fourth-order valence-electron chi connectivity index (χ4n) is 3.99. The number of hydrogen-bond donors (Lipinski definition) is 1. The number of piperidine rings is 3. The molecule has 3 aliphatic heterocycles. The van der Waals surface area contributed by atoms with E-state index in [1.165, 1.54) is 22.9 Å². The van der Waals surface area contributed by atoms with Crippen molar-refractivity contribution in [1.29, 1.82) is 0 Å². The zero-order chi connectivity index (χ0) is 14.4. The van der Waals surface area contributed by atoms with E-state index in [4.69, 9.17) is 5.73 Å². The molecule has 2 bridgehead atoms. The first-order chi connectivity index (χ1) is 10.2. The molecular weight excluding hydrogens is 258 g/mol. The van der Waals surface area contributed by atoms with Gasteiger partial charge in [0.2, 0.25) is 0 Å². The molecular formula is C18H21N3. The second-order valence-corrected chi connectivity index (χ2v) is 6.36. The van der Waals surface area contributed by atoms with Gasteiger partial charge in [0.05, 0.1) is 5.52 Å². The summed E-state index contributed by atoms with van der Waals surface area (Å²) in [4.78, 5) is 6.96. The molecule has 1 aromatic heterocycles. The summed E-state index contributed by atoms with van der Waals surface area (Å²) in [6.07, 6.45) is 4.28. The van der Waals surface area contributed by atoms with Crippen molar-refractivity contribution in [3.8, 4) is 0 Å². The van der Waals surface area contributed by atoms with Crippen LogP contribution in [0.25, 0.3) is 10.9 Å². The Kier molecular flexibility index (Phi) is 3.05. The molecule has 5 rings (SSSR count). The van der Waals surface area contributed by atoms with E-state index in [9.17, 15) is 0 Å². The lowest BCUT2D eigenvalue weighted by atomic mass is 9.77. The highest BCUT2D eigenvalue weighted by molar-refractivity contribution is 5.82. The fourth-order valence-corrected chi connectivity index (χ4v) is 3.99. The van der Waals surface area contributed by atoms with Crippen LogP contribution in [-0.2, 0) is 0 Å². The Hall–Kier alpha value is -1.71. The maximum atomic E-state index is 6.67. The largest absolute Gasteiger partial charge is 0.323 e. The average molecular weight is 279 g/mol. The van der Waals surface area contributed by atoms with Crippen molar-refractivity contribution in [3.63, 3.8) is 0 Å². The molecule has 3 fully saturated rings. The smallest absolute Gasteiger partial charge is 0.0705 e. The highest BCUT2D eigenvalue weighted by Gasteiger charge is 2.39. The molecule has 0 aliphatic carbocycles. The van der Waals surface area contributed by atoms with E-state index in [1.807, 2.05) is 12.3 Å². The van der Waals surface area contributed by atoms with Crippen LogP contribution in [0, 0.1) is 5.92 Å². The van der Waals surface area contributed by atoms with Gasteiger partial charge in [-0.25, -0.2) is 0 Å². The standard InChI is InChI=1S/C18H21N3/c1-12-11-21-9-7-13(12)10-17(21)18(19)15-6-8-20-16-5-3-2-4-14(15)16/h2-6,8,13,17-18H,1,7,9-11,19H2/t13?,17-,18+/m1/s1. The second kappa shape index (κ2) is 4.93. The SMILES string of the molecule is C=C1CN2CCC1C[C@@H]2[C@@H](N)c1ccnc2ccccc12. The summed E-state index contributed by atoms with van der Waals surface area (Å²) >= 11 is 0. The van der Waals surface area contributed by atoms with Crippen molar-refractivity contribution in [2.45, 2.75) is 24.9 Å². The van der Waals surface area contributed by atoms with E-state index >= 15 is 0 Å². The first kappa shape index (κ1) is 13.0. The molecule has 3 nitrogen and oxygen atoms in total. The third-order valence-corrected chi connectivity index (χ3v) is 5.20. The van der Waals surface area contributed by atoms with E-state index in [2.05, 4.69) is 40.7 Å². The molecule has 21 heavy (non-hydrogen) atoms. The van der Waals surface area contributed by atoms with Crippen LogP contribution in [0.4, 0.5) is 0 Å². The van der Waals surface area contributed by atoms with Crippen molar-refractivity contribution in [3.05, 3.63) is 54.2 Å². The molecule has 0 saturated carbocycles. The number of para-hydroxylation sites is 1. The van der Waals surface area contributed by atoms with Gasteiger partial charge in [0.1, 0.15) is 0 Å². The Morgan fingerprint density at radius 2 is 2.14 bits per heavy atom. The van der Waals surface area contributed by atoms with Crippen LogP contribution < -0.4 is 5.73 Å². The quantitative estimate of drug-likeness (QED) is 0.860. The molecule has 2 unspecified atom stereocenters. The molecule has 0 spiro atoms. The van der Waals surface area contributed by atoms with Crippen LogP contribution in [0.5, 0.6) is 0 Å². The summed E-state index contributed by atoms with van der Waals surface area (Å²) in [6.45, 7) is 6.40. The van der Waals surface area contributed by atoms with Gasteiger partial charge in [-0.05, 0) is 43.0 Å². The van der Waals surface area contributed by atoms with E-state index in [1.54, 1.807) is 0 Å². The molecule has 4 atom stereocenters. The summed E-state index contributed by atoms with van der Waals surface area (Å²) in [5.41, 5.74) is 10.3. The fraction of sp³-hybridized carbons (Fsp3) is 0.389. The predicted molar refractivity (Wildman–Crippen MR) is 85.9 cm³/mol. The van der Waals surface area contributed by atoms with E-state index in [-0.39, 0.29) is 6.04 Å². The molecule has 0 amide bonds. The van der Waals surface area contributed by atoms with Crippen LogP contribution in [-0.4, -0.2) is 29.0 Å². The average Bonchev–Trinajstić information content (AvgIpc) is 2.54. The molecule has 3 heteroatoms. The maximum absolute atomic E-state index is 6.67. The normalized spacial score (nSPS) is 29.8. The minimum Gasteiger partial charge on any atom is -0.323 e. The van der Waals surface area contributed by atoms with E-state index in [0.717, 1.165) is 25.0 Å². The van der Waals surface area contributed by atoms with Gasteiger partial charge in [0.15, 0.2) is 0 Å². The minimum atomic E-state index is 0.0498. The van der Waals surface area contributed by atoms with Gasteiger partial charge in [-0.2, -0.15) is 0 Å². The number of hydrogen-bond acceptors (Lipinski definition) is 3. The maximum Gasteiger partial charge on any atom is 0.0705 e. The van der Waals surface area contributed by atoms with Gasteiger partial charge < -0.3 is 5.73 Å². The highest BCUT2D eigenvalue weighted by Crippen LogP contribution is 2.39. The van der Waals surface area contributed by atoms with Crippen molar-refractivity contribution in [2.24, 2.45) is 11.7 Å². The number of aromatic nitrogens is 1. The molecule has 108 valence electrons. The summed E-state index contributed by atoms with van der Waals surface area (Å²) in [6, 6.07) is 10.9.